The molecule has 2 N–H and O–H groups in total. The second kappa shape index (κ2) is 4.56. The van der Waals surface area contributed by atoms with Crippen LogP contribution in [-0.4, -0.2) is 19.5 Å². The quantitative estimate of drug-likeness (QED) is 0.822. The van der Waals surface area contributed by atoms with Crippen molar-refractivity contribution in [1.82, 2.24) is 5.32 Å². The van der Waals surface area contributed by atoms with Crippen LogP contribution in [0.4, 0.5) is 5.69 Å². The molecule has 1 amide bonds. The number of nitrogens with one attached hydrogen (secondary N) is 2. The number of rotatable bonds is 4. The summed E-state index contributed by atoms with van der Waals surface area (Å²) in [6, 6.07) is 9.13. The number of hydrogen-bond donors (Lipinski definition) is 2. The van der Waals surface area contributed by atoms with Crippen molar-refractivity contribution < 1.29 is 4.79 Å². The SMILES string of the molecule is CNCC1(C(=O)Nc2ccccc2C#N)CC1. The lowest BCUT2D eigenvalue weighted by Gasteiger charge is -2.15. The highest BCUT2D eigenvalue weighted by Gasteiger charge is 2.49. The third-order valence-corrected chi connectivity index (χ3v) is 3.15. The summed E-state index contributed by atoms with van der Waals surface area (Å²) in [5, 5.41) is 14.8. The number of para-hydroxylation sites is 1. The van der Waals surface area contributed by atoms with Crippen molar-refractivity contribution in [2.45, 2.75) is 12.8 Å². The van der Waals surface area contributed by atoms with Gasteiger partial charge in [0, 0.05) is 6.54 Å². The molecule has 0 bridgehead atoms. The standard InChI is InChI=1S/C13H15N3O/c1-15-9-13(6-7-13)12(17)16-11-5-3-2-4-10(11)8-14/h2-5,15H,6-7,9H2,1H3,(H,16,17). The molecule has 4 heteroatoms. The Labute approximate surface area is 101 Å². The summed E-state index contributed by atoms with van der Waals surface area (Å²) in [5.41, 5.74) is 0.834. The van der Waals surface area contributed by atoms with Crippen LogP contribution in [0.2, 0.25) is 0 Å². The van der Waals surface area contributed by atoms with E-state index >= 15 is 0 Å². The number of amides is 1. The van der Waals surface area contributed by atoms with Crippen molar-refractivity contribution in [3.8, 4) is 6.07 Å². The fraction of sp³-hybridized carbons (Fsp3) is 0.385. The number of carbonyl (C=O) groups is 1. The van der Waals surface area contributed by atoms with Crippen LogP contribution in [0, 0.1) is 16.7 Å². The zero-order valence-corrected chi connectivity index (χ0v) is 9.79. The molecular weight excluding hydrogens is 214 g/mol. The van der Waals surface area contributed by atoms with E-state index in [9.17, 15) is 4.79 Å². The predicted molar refractivity (Wildman–Crippen MR) is 65.4 cm³/mol. The molecule has 88 valence electrons. The lowest BCUT2D eigenvalue weighted by atomic mass is 10.1. The maximum Gasteiger partial charge on any atom is 0.231 e. The van der Waals surface area contributed by atoms with Gasteiger partial charge in [-0.2, -0.15) is 5.26 Å². The molecule has 1 aromatic carbocycles. The van der Waals surface area contributed by atoms with Gasteiger partial charge in [-0.15, -0.1) is 0 Å². The van der Waals surface area contributed by atoms with E-state index in [1.165, 1.54) is 0 Å². The van der Waals surface area contributed by atoms with Crippen LogP contribution in [0.15, 0.2) is 24.3 Å². The molecule has 0 radical (unpaired) electrons. The molecule has 1 fully saturated rings. The Morgan fingerprint density at radius 1 is 1.47 bits per heavy atom. The van der Waals surface area contributed by atoms with Crippen molar-refractivity contribution in [3.63, 3.8) is 0 Å². The molecule has 1 aliphatic carbocycles. The Morgan fingerprint density at radius 2 is 2.18 bits per heavy atom. The monoisotopic (exact) mass is 229 g/mol. The Morgan fingerprint density at radius 3 is 2.76 bits per heavy atom. The van der Waals surface area contributed by atoms with Crippen molar-refractivity contribution in [2.24, 2.45) is 5.41 Å². The molecule has 0 spiro atoms. The number of nitrogens with zero attached hydrogens (tertiary/aromatic N) is 1. The second-order valence-electron chi connectivity index (χ2n) is 4.42. The van der Waals surface area contributed by atoms with E-state index in [1.807, 2.05) is 13.1 Å². The van der Waals surface area contributed by atoms with Crippen molar-refractivity contribution in [1.29, 1.82) is 5.26 Å². The Balaban J connectivity index is 2.12. The third kappa shape index (κ3) is 2.29. The highest BCUT2D eigenvalue weighted by Crippen LogP contribution is 2.45. The Kier molecular flexibility index (Phi) is 3.12. The molecule has 0 saturated heterocycles. The van der Waals surface area contributed by atoms with Crippen molar-refractivity contribution >= 4 is 11.6 Å². The van der Waals surface area contributed by atoms with E-state index in [-0.39, 0.29) is 11.3 Å². The summed E-state index contributed by atoms with van der Waals surface area (Å²) in [5.74, 6) is 0.00884. The zero-order valence-electron chi connectivity index (χ0n) is 9.79. The first kappa shape index (κ1) is 11.6. The number of carbonyl (C=O) groups excluding carboxylic acids is 1. The van der Waals surface area contributed by atoms with Gasteiger partial charge in [0.25, 0.3) is 0 Å². The lowest BCUT2D eigenvalue weighted by Crippen LogP contribution is -2.32. The molecule has 1 aliphatic rings. The number of hydrogen-bond acceptors (Lipinski definition) is 3. The van der Waals surface area contributed by atoms with Gasteiger partial charge in [-0.3, -0.25) is 4.79 Å². The van der Waals surface area contributed by atoms with Gasteiger partial charge in [0.1, 0.15) is 6.07 Å². The first-order valence-corrected chi connectivity index (χ1v) is 5.67. The average Bonchev–Trinajstić information content (AvgIpc) is 3.11. The highest BCUT2D eigenvalue weighted by molar-refractivity contribution is 5.98. The predicted octanol–water partition coefficient (Wildman–Crippen LogP) is 1.50. The molecule has 0 aromatic heterocycles. The summed E-state index contributed by atoms with van der Waals surface area (Å²) in [6.07, 6.45) is 1.82. The molecule has 4 nitrogen and oxygen atoms in total. The summed E-state index contributed by atoms with van der Waals surface area (Å²) in [7, 11) is 1.84. The molecular formula is C13H15N3O. The second-order valence-corrected chi connectivity index (χ2v) is 4.42. The van der Waals surface area contributed by atoms with Gasteiger partial charge in [-0.1, -0.05) is 12.1 Å². The van der Waals surface area contributed by atoms with Gasteiger partial charge >= 0.3 is 0 Å². The minimum absolute atomic E-state index is 0.00884. The minimum Gasteiger partial charge on any atom is -0.324 e. The summed E-state index contributed by atoms with van der Waals surface area (Å²) >= 11 is 0. The molecule has 1 saturated carbocycles. The molecule has 0 heterocycles. The molecule has 0 aliphatic heterocycles. The maximum atomic E-state index is 12.1. The molecule has 1 aromatic rings. The fourth-order valence-corrected chi connectivity index (χ4v) is 1.92. The number of nitriles is 1. The van der Waals surface area contributed by atoms with Crippen LogP contribution in [0.5, 0.6) is 0 Å². The summed E-state index contributed by atoms with van der Waals surface area (Å²) in [4.78, 5) is 12.1. The molecule has 0 atom stereocenters. The molecule has 2 rings (SSSR count). The Hall–Kier alpha value is -1.86. The minimum atomic E-state index is -0.267. The van der Waals surface area contributed by atoms with Gasteiger partial charge in [0.2, 0.25) is 5.91 Å². The van der Waals surface area contributed by atoms with E-state index < -0.39 is 0 Å². The smallest absolute Gasteiger partial charge is 0.231 e. The first-order valence-electron chi connectivity index (χ1n) is 5.67. The van der Waals surface area contributed by atoms with Crippen LogP contribution < -0.4 is 10.6 Å². The maximum absolute atomic E-state index is 12.1. The van der Waals surface area contributed by atoms with Gasteiger partial charge in [0.15, 0.2) is 0 Å². The largest absolute Gasteiger partial charge is 0.324 e. The van der Waals surface area contributed by atoms with E-state index in [2.05, 4.69) is 16.7 Å². The molecule has 0 unspecified atom stereocenters. The summed E-state index contributed by atoms with van der Waals surface area (Å²) in [6.45, 7) is 0.688. The van der Waals surface area contributed by atoms with E-state index in [4.69, 9.17) is 5.26 Å². The summed E-state index contributed by atoms with van der Waals surface area (Å²) < 4.78 is 0. The van der Waals surface area contributed by atoms with Crippen molar-refractivity contribution in [3.05, 3.63) is 29.8 Å². The van der Waals surface area contributed by atoms with Crippen LogP contribution in [0.1, 0.15) is 18.4 Å². The normalized spacial score (nSPS) is 16.0. The number of anilines is 1. The van der Waals surface area contributed by atoms with Gasteiger partial charge in [0.05, 0.1) is 16.7 Å². The zero-order chi connectivity index (χ0) is 12.3. The Bertz CT molecular complexity index is 472. The lowest BCUT2D eigenvalue weighted by molar-refractivity contribution is -0.120. The van der Waals surface area contributed by atoms with Gasteiger partial charge in [-0.25, -0.2) is 0 Å². The van der Waals surface area contributed by atoms with Crippen LogP contribution in [-0.2, 0) is 4.79 Å². The third-order valence-electron chi connectivity index (χ3n) is 3.15. The van der Waals surface area contributed by atoms with Crippen molar-refractivity contribution in [2.75, 3.05) is 18.9 Å². The average molecular weight is 229 g/mol. The topological polar surface area (TPSA) is 64.9 Å². The van der Waals surface area contributed by atoms with Gasteiger partial charge < -0.3 is 10.6 Å². The van der Waals surface area contributed by atoms with Crippen LogP contribution in [0.3, 0.4) is 0 Å². The van der Waals surface area contributed by atoms with E-state index in [0.717, 1.165) is 12.8 Å². The number of benzene rings is 1. The van der Waals surface area contributed by atoms with Crippen LogP contribution >= 0.6 is 0 Å². The van der Waals surface area contributed by atoms with Gasteiger partial charge in [-0.05, 0) is 32.0 Å². The fourth-order valence-electron chi connectivity index (χ4n) is 1.92. The first-order chi connectivity index (χ1) is 8.22. The highest BCUT2D eigenvalue weighted by atomic mass is 16.2. The van der Waals surface area contributed by atoms with Crippen LogP contribution in [0.25, 0.3) is 0 Å². The molecule has 17 heavy (non-hydrogen) atoms. The van der Waals surface area contributed by atoms with E-state index in [0.29, 0.717) is 17.8 Å². The van der Waals surface area contributed by atoms with E-state index in [1.54, 1.807) is 18.2 Å².